The molecule has 0 bridgehead atoms. The number of nitrogens with zero attached hydrogens (tertiary/aromatic N) is 2. The van der Waals surface area contributed by atoms with Gasteiger partial charge < -0.3 is 14.9 Å². The second-order valence-electron chi connectivity index (χ2n) is 3.29. The molecule has 0 saturated carbocycles. The minimum Gasteiger partial charge on any atom is -0.478 e. The zero-order valence-electron chi connectivity index (χ0n) is 8.53. The Bertz CT molecular complexity index is 178. The Morgan fingerprint density at radius 3 is 2.38 bits per heavy atom. The van der Waals surface area contributed by atoms with Crippen LogP contribution in [0.25, 0.3) is 0 Å². The van der Waals surface area contributed by atoms with Crippen LogP contribution in [0.5, 0.6) is 0 Å². The predicted molar refractivity (Wildman–Crippen MR) is 52.6 cm³/mol. The zero-order chi connectivity index (χ0) is 10.3. The van der Waals surface area contributed by atoms with Crippen molar-refractivity contribution in [1.29, 1.82) is 0 Å². The molecule has 0 aromatic rings. The van der Waals surface area contributed by atoms with E-state index in [1.54, 1.807) is 6.20 Å². The summed E-state index contributed by atoms with van der Waals surface area (Å²) in [5.41, 5.74) is 0. The number of aliphatic carboxylic acids is 1. The normalized spacial score (nSPS) is 11.1. The second-order valence-corrected chi connectivity index (χ2v) is 3.29. The van der Waals surface area contributed by atoms with Crippen molar-refractivity contribution in [2.24, 2.45) is 0 Å². The highest BCUT2D eigenvalue weighted by molar-refractivity contribution is 5.79. The van der Waals surface area contributed by atoms with Gasteiger partial charge in [-0.15, -0.1) is 0 Å². The highest BCUT2D eigenvalue weighted by Crippen LogP contribution is 1.90. The smallest absolute Gasteiger partial charge is 0.329 e. The van der Waals surface area contributed by atoms with Crippen LogP contribution in [0.3, 0.4) is 0 Å². The SMILES string of the molecule is CN(C)CCCN(C)C=CC(=O)O. The van der Waals surface area contributed by atoms with Crippen molar-refractivity contribution >= 4 is 5.97 Å². The van der Waals surface area contributed by atoms with Crippen LogP contribution < -0.4 is 0 Å². The Kier molecular flexibility index (Phi) is 5.97. The van der Waals surface area contributed by atoms with Crippen molar-refractivity contribution in [3.8, 4) is 0 Å². The topological polar surface area (TPSA) is 43.8 Å². The lowest BCUT2D eigenvalue weighted by Gasteiger charge is -2.15. The summed E-state index contributed by atoms with van der Waals surface area (Å²) in [5, 5.41) is 8.35. The van der Waals surface area contributed by atoms with E-state index in [2.05, 4.69) is 4.90 Å². The lowest BCUT2D eigenvalue weighted by atomic mass is 10.4. The maximum atomic E-state index is 10.2. The monoisotopic (exact) mass is 186 g/mol. The Labute approximate surface area is 79.4 Å². The van der Waals surface area contributed by atoms with Gasteiger partial charge in [-0.25, -0.2) is 4.79 Å². The molecule has 0 amide bonds. The third kappa shape index (κ3) is 8.88. The predicted octanol–water partition coefficient (Wildman–Crippen LogP) is 0.468. The Morgan fingerprint density at radius 1 is 1.31 bits per heavy atom. The van der Waals surface area contributed by atoms with Crippen molar-refractivity contribution in [3.05, 3.63) is 12.3 Å². The van der Waals surface area contributed by atoms with E-state index in [0.717, 1.165) is 25.6 Å². The van der Waals surface area contributed by atoms with Gasteiger partial charge in [0.05, 0.1) is 0 Å². The molecule has 76 valence electrons. The molecule has 0 saturated heterocycles. The maximum Gasteiger partial charge on any atom is 0.329 e. The number of hydrogen-bond donors (Lipinski definition) is 1. The molecular formula is C9H18N2O2. The summed E-state index contributed by atoms with van der Waals surface area (Å²) in [6.07, 6.45) is 3.76. The first-order valence-electron chi connectivity index (χ1n) is 4.28. The molecule has 0 spiro atoms. The average Bonchev–Trinajstić information content (AvgIpc) is 2.00. The van der Waals surface area contributed by atoms with Crippen molar-refractivity contribution in [2.45, 2.75) is 6.42 Å². The highest BCUT2D eigenvalue weighted by atomic mass is 16.4. The highest BCUT2D eigenvalue weighted by Gasteiger charge is 1.94. The molecule has 0 heterocycles. The van der Waals surface area contributed by atoms with E-state index < -0.39 is 5.97 Å². The fourth-order valence-electron chi connectivity index (χ4n) is 0.902. The molecule has 4 heteroatoms. The van der Waals surface area contributed by atoms with E-state index in [4.69, 9.17) is 5.11 Å². The third-order valence-electron chi connectivity index (χ3n) is 1.59. The summed E-state index contributed by atoms with van der Waals surface area (Å²) in [5.74, 6) is -0.903. The van der Waals surface area contributed by atoms with Gasteiger partial charge in [0.2, 0.25) is 0 Å². The van der Waals surface area contributed by atoms with Crippen molar-refractivity contribution < 1.29 is 9.90 Å². The van der Waals surface area contributed by atoms with Gasteiger partial charge in [-0.1, -0.05) is 0 Å². The average molecular weight is 186 g/mol. The first-order chi connectivity index (χ1) is 6.02. The summed E-state index contributed by atoms with van der Waals surface area (Å²) in [4.78, 5) is 14.1. The molecule has 0 fully saturated rings. The molecule has 0 unspecified atom stereocenters. The van der Waals surface area contributed by atoms with Crippen molar-refractivity contribution in [2.75, 3.05) is 34.2 Å². The molecule has 0 aromatic carbocycles. The van der Waals surface area contributed by atoms with Gasteiger partial charge in [0.15, 0.2) is 0 Å². The van der Waals surface area contributed by atoms with Crippen LogP contribution in [-0.4, -0.2) is 55.1 Å². The molecule has 0 aliphatic rings. The largest absolute Gasteiger partial charge is 0.478 e. The molecule has 1 N–H and O–H groups in total. The van der Waals surface area contributed by atoms with E-state index in [-0.39, 0.29) is 0 Å². The lowest BCUT2D eigenvalue weighted by molar-refractivity contribution is -0.131. The van der Waals surface area contributed by atoms with Crippen molar-refractivity contribution in [3.63, 3.8) is 0 Å². The van der Waals surface area contributed by atoms with E-state index in [1.165, 1.54) is 0 Å². The summed E-state index contributed by atoms with van der Waals surface area (Å²) in [6, 6.07) is 0. The maximum absolute atomic E-state index is 10.2. The van der Waals surface area contributed by atoms with Crippen LogP contribution in [0.15, 0.2) is 12.3 Å². The van der Waals surface area contributed by atoms with Crippen molar-refractivity contribution in [1.82, 2.24) is 9.80 Å². The number of hydrogen-bond acceptors (Lipinski definition) is 3. The fraction of sp³-hybridized carbons (Fsp3) is 0.667. The van der Waals surface area contributed by atoms with Gasteiger partial charge in [-0.2, -0.15) is 0 Å². The van der Waals surface area contributed by atoms with Gasteiger partial charge in [-0.3, -0.25) is 0 Å². The third-order valence-corrected chi connectivity index (χ3v) is 1.59. The molecule has 0 aliphatic heterocycles. The number of carbonyl (C=O) groups is 1. The van der Waals surface area contributed by atoms with Gasteiger partial charge in [-0.05, 0) is 27.1 Å². The van der Waals surface area contributed by atoms with Gasteiger partial charge in [0, 0.05) is 25.9 Å². The molecule has 0 aromatic heterocycles. The van der Waals surface area contributed by atoms with Crippen LogP contribution in [-0.2, 0) is 4.79 Å². The minimum atomic E-state index is -0.903. The Balaban J connectivity index is 3.51. The Morgan fingerprint density at radius 2 is 1.92 bits per heavy atom. The van der Waals surface area contributed by atoms with Crippen LogP contribution in [0.4, 0.5) is 0 Å². The minimum absolute atomic E-state index is 0.877. The van der Waals surface area contributed by atoms with E-state index in [0.29, 0.717) is 0 Å². The van der Waals surface area contributed by atoms with Gasteiger partial charge >= 0.3 is 5.97 Å². The molecule has 0 aliphatic carbocycles. The number of carboxylic acid groups (broad SMARTS) is 1. The van der Waals surface area contributed by atoms with Crippen LogP contribution in [0.2, 0.25) is 0 Å². The summed E-state index contributed by atoms with van der Waals surface area (Å²) in [7, 11) is 5.91. The molecule has 0 rings (SSSR count). The lowest BCUT2D eigenvalue weighted by Crippen LogP contribution is -2.20. The summed E-state index contributed by atoms with van der Waals surface area (Å²) >= 11 is 0. The van der Waals surface area contributed by atoms with E-state index in [9.17, 15) is 4.79 Å². The number of carboxylic acids is 1. The molecular weight excluding hydrogens is 168 g/mol. The summed E-state index contributed by atoms with van der Waals surface area (Å²) < 4.78 is 0. The standard InChI is InChI=1S/C9H18N2O2/c1-10(2)6-4-7-11(3)8-5-9(12)13/h5,8H,4,6-7H2,1-3H3,(H,12,13). The first kappa shape index (κ1) is 12.0. The Hall–Kier alpha value is -1.03. The second kappa shape index (κ2) is 6.48. The van der Waals surface area contributed by atoms with E-state index >= 15 is 0 Å². The molecule has 0 radical (unpaired) electrons. The zero-order valence-corrected chi connectivity index (χ0v) is 8.53. The van der Waals surface area contributed by atoms with Gasteiger partial charge in [0.25, 0.3) is 0 Å². The molecule has 13 heavy (non-hydrogen) atoms. The molecule has 0 atom stereocenters. The van der Waals surface area contributed by atoms with Crippen LogP contribution in [0.1, 0.15) is 6.42 Å². The van der Waals surface area contributed by atoms with Gasteiger partial charge in [0.1, 0.15) is 0 Å². The first-order valence-corrected chi connectivity index (χ1v) is 4.28. The molecule has 4 nitrogen and oxygen atoms in total. The van der Waals surface area contributed by atoms with Crippen LogP contribution >= 0.6 is 0 Å². The van der Waals surface area contributed by atoms with Crippen LogP contribution in [0, 0.1) is 0 Å². The quantitative estimate of drug-likeness (QED) is 0.612. The number of rotatable bonds is 6. The fourth-order valence-corrected chi connectivity index (χ4v) is 0.902. The summed E-state index contributed by atoms with van der Waals surface area (Å²) in [6.45, 7) is 1.90. The van der Waals surface area contributed by atoms with E-state index in [1.807, 2.05) is 26.0 Å².